The molecular weight excluding hydrogens is 256 g/mol. The van der Waals surface area contributed by atoms with E-state index in [4.69, 9.17) is 9.47 Å². The van der Waals surface area contributed by atoms with Crippen LogP contribution in [0.4, 0.5) is 0 Å². The Kier molecular flexibility index (Phi) is 3.40. The smallest absolute Gasteiger partial charge is 0.307 e. The lowest BCUT2D eigenvalue weighted by Crippen LogP contribution is -2.43. The first-order valence-electron chi connectivity index (χ1n) is 7.35. The van der Waals surface area contributed by atoms with Crippen LogP contribution in [0.2, 0.25) is 0 Å². The summed E-state index contributed by atoms with van der Waals surface area (Å²) in [7, 11) is 0. The molecule has 0 aromatic carbocycles. The summed E-state index contributed by atoms with van der Waals surface area (Å²) in [4.78, 5) is 22.5. The van der Waals surface area contributed by atoms with Crippen LogP contribution in [0.15, 0.2) is 23.7 Å². The van der Waals surface area contributed by atoms with Crippen molar-refractivity contribution in [1.82, 2.24) is 0 Å². The molecule has 20 heavy (non-hydrogen) atoms. The van der Waals surface area contributed by atoms with Gasteiger partial charge in [0.05, 0.1) is 0 Å². The Hall–Kier alpha value is -1.58. The van der Waals surface area contributed by atoms with Crippen molar-refractivity contribution in [3.63, 3.8) is 0 Å². The summed E-state index contributed by atoms with van der Waals surface area (Å²) >= 11 is 0. The number of rotatable bonds is 2. The Bertz CT molecular complexity index is 503. The van der Waals surface area contributed by atoms with Crippen LogP contribution in [0.3, 0.4) is 0 Å². The molecule has 4 atom stereocenters. The molecule has 4 aliphatic carbocycles. The molecule has 0 heterocycles. The van der Waals surface area contributed by atoms with E-state index in [0.717, 1.165) is 37.2 Å². The van der Waals surface area contributed by atoms with Crippen molar-refractivity contribution in [2.45, 2.75) is 39.5 Å². The van der Waals surface area contributed by atoms with Crippen molar-refractivity contribution >= 4 is 11.9 Å². The molecule has 4 nitrogen and oxygen atoms in total. The van der Waals surface area contributed by atoms with Crippen molar-refractivity contribution in [1.29, 1.82) is 0 Å². The van der Waals surface area contributed by atoms with Gasteiger partial charge in [-0.3, -0.25) is 9.59 Å². The number of carbonyl (C=O) groups excluding carboxylic acids is 2. The van der Waals surface area contributed by atoms with E-state index in [-0.39, 0.29) is 17.9 Å². The van der Waals surface area contributed by atoms with E-state index in [1.165, 1.54) is 13.8 Å². The van der Waals surface area contributed by atoms with Crippen LogP contribution >= 0.6 is 0 Å². The second-order valence-electron chi connectivity index (χ2n) is 5.98. The van der Waals surface area contributed by atoms with E-state index in [2.05, 4.69) is 12.2 Å². The molecule has 1 fully saturated rings. The van der Waals surface area contributed by atoms with Crippen LogP contribution in [0.25, 0.3) is 0 Å². The van der Waals surface area contributed by atoms with Crippen LogP contribution in [0.1, 0.15) is 39.5 Å². The molecule has 0 radical (unpaired) electrons. The van der Waals surface area contributed by atoms with Gasteiger partial charge >= 0.3 is 11.9 Å². The molecule has 0 aliphatic heterocycles. The fourth-order valence-corrected chi connectivity index (χ4v) is 4.12. The average molecular weight is 276 g/mol. The van der Waals surface area contributed by atoms with Gasteiger partial charge in [0.1, 0.15) is 11.5 Å². The van der Waals surface area contributed by atoms with Crippen molar-refractivity contribution < 1.29 is 19.1 Å². The number of hydrogen-bond acceptors (Lipinski definition) is 4. The number of hydrogen-bond donors (Lipinski definition) is 0. The lowest BCUT2D eigenvalue weighted by Gasteiger charge is -2.48. The highest BCUT2D eigenvalue weighted by Gasteiger charge is 2.48. The Morgan fingerprint density at radius 3 is 2.45 bits per heavy atom. The first kappa shape index (κ1) is 13.4. The third-order valence-electron chi connectivity index (χ3n) is 4.69. The van der Waals surface area contributed by atoms with Gasteiger partial charge in [-0.2, -0.15) is 0 Å². The SMILES string of the molecule is CC(=O)OC1=CCC[C@H]2[C@@H]1[C@H]1C=C(OC(C)=O)[C@@H]2CC1. The summed E-state index contributed by atoms with van der Waals surface area (Å²) in [6.45, 7) is 2.90. The highest BCUT2D eigenvalue weighted by Crippen LogP contribution is 2.54. The first-order valence-corrected chi connectivity index (χ1v) is 7.35. The molecule has 108 valence electrons. The van der Waals surface area contributed by atoms with Gasteiger partial charge in [-0.1, -0.05) is 0 Å². The minimum atomic E-state index is -0.248. The minimum Gasteiger partial charge on any atom is -0.431 e. The number of esters is 2. The molecule has 0 aromatic rings. The van der Waals surface area contributed by atoms with Crippen molar-refractivity contribution in [3.05, 3.63) is 23.7 Å². The summed E-state index contributed by atoms with van der Waals surface area (Å²) in [5.74, 6) is 2.53. The summed E-state index contributed by atoms with van der Waals surface area (Å²) in [5.41, 5.74) is 0. The molecule has 0 aromatic heterocycles. The van der Waals surface area contributed by atoms with Gasteiger partial charge in [0, 0.05) is 25.7 Å². The molecule has 0 unspecified atom stereocenters. The summed E-state index contributed by atoms with van der Waals surface area (Å²) < 4.78 is 10.8. The third-order valence-corrected chi connectivity index (χ3v) is 4.69. The molecular formula is C16H20O4. The highest BCUT2D eigenvalue weighted by molar-refractivity contribution is 5.68. The molecule has 4 rings (SSSR count). The lowest BCUT2D eigenvalue weighted by molar-refractivity contribution is -0.140. The summed E-state index contributed by atoms with van der Waals surface area (Å²) in [6, 6.07) is 0. The standard InChI is InChI=1S/C16H20O4/c1-9(17)19-14-5-3-4-13-12-7-6-11(16(13)14)8-15(12)20-10(2)18/h5,8,11-13,16H,3-4,6-7H2,1-2H3/t11-,12-,13-,16+/m1/s1. The third kappa shape index (κ3) is 2.28. The van der Waals surface area contributed by atoms with Gasteiger partial charge in [0.25, 0.3) is 0 Å². The van der Waals surface area contributed by atoms with E-state index in [0.29, 0.717) is 17.8 Å². The van der Waals surface area contributed by atoms with Gasteiger partial charge < -0.3 is 9.47 Å². The van der Waals surface area contributed by atoms with E-state index >= 15 is 0 Å². The molecule has 0 spiro atoms. The maximum Gasteiger partial charge on any atom is 0.307 e. The van der Waals surface area contributed by atoms with Gasteiger partial charge in [-0.15, -0.1) is 0 Å². The van der Waals surface area contributed by atoms with Crippen molar-refractivity contribution in [3.8, 4) is 0 Å². The second kappa shape index (κ2) is 5.08. The number of carbonyl (C=O) groups is 2. The maximum atomic E-state index is 11.3. The number of ether oxygens (including phenoxy) is 2. The zero-order valence-corrected chi connectivity index (χ0v) is 11.9. The molecule has 0 N–H and O–H groups in total. The zero-order chi connectivity index (χ0) is 14.3. The minimum absolute atomic E-state index is 0.244. The zero-order valence-electron chi connectivity index (χ0n) is 11.9. The number of allylic oxidation sites excluding steroid dienone is 4. The van der Waals surface area contributed by atoms with Gasteiger partial charge in [0.2, 0.25) is 0 Å². The Morgan fingerprint density at radius 2 is 1.75 bits per heavy atom. The Morgan fingerprint density at radius 1 is 1.05 bits per heavy atom. The van der Waals surface area contributed by atoms with Crippen molar-refractivity contribution in [2.24, 2.45) is 23.7 Å². The predicted octanol–water partition coefficient (Wildman–Crippen LogP) is 2.95. The molecule has 2 bridgehead atoms. The topological polar surface area (TPSA) is 52.6 Å². The highest BCUT2D eigenvalue weighted by atomic mass is 16.5. The fraction of sp³-hybridized carbons (Fsp3) is 0.625. The van der Waals surface area contributed by atoms with Crippen LogP contribution in [0.5, 0.6) is 0 Å². The van der Waals surface area contributed by atoms with Gasteiger partial charge in [0.15, 0.2) is 0 Å². The predicted molar refractivity (Wildman–Crippen MR) is 72.1 cm³/mol. The second-order valence-corrected chi connectivity index (χ2v) is 5.98. The largest absolute Gasteiger partial charge is 0.431 e. The van der Waals surface area contributed by atoms with E-state index < -0.39 is 0 Å². The van der Waals surface area contributed by atoms with Crippen LogP contribution < -0.4 is 0 Å². The summed E-state index contributed by atoms with van der Waals surface area (Å²) in [6.07, 6.45) is 8.30. The van der Waals surface area contributed by atoms with Crippen molar-refractivity contribution in [2.75, 3.05) is 0 Å². The fourth-order valence-electron chi connectivity index (χ4n) is 4.12. The Labute approximate surface area is 118 Å². The van der Waals surface area contributed by atoms with E-state index in [9.17, 15) is 9.59 Å². The van der Waals surface area contributed by atoms with E-state index in [1.54, 1.807) is 0 Å². The molecule has 4 aliphatic rings. The lowest BCUT2D eigenvalue weighted by atomic mass is 9.58. The average Bonchev–Trinajstić information content (AvgIpc) is 2.38. The number of fused-ring (bicyclic) bond motifs is 1. The van der Waals surface area contributed by atoms with Crippen LogP contribution in [-0.2, 0) is 19.1 Å². The normalized spacial score (nSPS) is 34.7. The molecule has 1 saturated carbocycles. The van der Waals surface area contributed by atoms with Gasteiger partial charge in [-0.25, -0.2) is 0 Å². The monoisotopic (exact) mass is 276 g/mol. The molecule has 4 heteroatoms. The molecule has 0 saturated heterocycles. The quantitative estimate of drug-likeness (QED) is 0.728. The molecule has 0 amide bonds. The van der Waals surface area contributed by atoms with Crippen LogP contribution in [-0.4, -0.2) is 11.9 Å². The first-order chi connectivity index (χ1) is 9.56. The maximum absolute atomic E-state index is 11.3. The van der Waals surface area contributed by atoms with E-state index in [1.807, 2.05) is 0 Å². The van der Waals surface area contributed by atoms with Crippen LogP contribution in [0, 0.1) is 23.7 Å². The summed E-state index contributed by atoms with van der Waals surface area (Å²) in [5, 5.41) is 0. The van der Waals surface area contributed by atoms with Gasteiger partial charge in [-0.05, 0) is 49.7 Å². The Balaban J connectivity index is 1.88.